The minimum absolute atomic E-state index is 0.0743. The van der Waals surface area contributed by atoms with Gasteiger partial charge in [0.2, 0.25) is 0 Å². The molecule has 26 heavy (non-hydrogen) atoms. The molecule has 0 aliphatic carbocycles. The van der Waals surface area contributed by atoms with Crippen molar-refractivity contribution in [3.05, 3.63) is 62.8 Å². The summed E-state index contributed by atoms with van der Waals surface area (Å²) in [5.41, 5.74) is -1.87. The topological polar surface area (TPSA) is 64.2 Å². The van der Waals surface area contributed by atoms with Crippen LogP contribution in [0.15, 0.2) is 55.8 Å². The van der Waals surface area contributed by atoms with E-state index in [4.69, 9.17) is 5.11 Å². The molecular formula is C17H11F3N2O3S. The van der Waals surface area contributed by atoms with Crippen molar-refractivity contribution < 1.29 is 18.3 Å². The number of rotatable bonds is 2. The Morgan fingerprint density at radius 2 is 1.85 bits per heavy atom. The second kappa shape index (κ2) is 5.75. The predicted molar refractivity (Wildman–Crippen MR) is 90.0 cm³/mol. The van der Waals surface area contributed by atoms with Gasteiger partial charge in [0, 0.05) is 9.79 Å². The number of benzene rings is 2. The minimum Gasteiger partial charge on any atom is -0.395 e. The molecule has 0 bridgehead atoms. The molecule has 3 aromatic rings. The van der Waals surface area contributed by atoms with Gasteiger partial charge in [0.1, 0.15) is 0 Å². The Morgan fingerprint density at radius 3 is 2.54 bits per heavy atom. The van der Waals surface area contributed by atoms with E-state index in [1.165, 1.54) is 23.9 Å². The van der Waals surface area contributed by atoms with Crippen molar-refractivity contribution in [3.8, 4) is 5.69 Å². The summed E-state index contributed by atoms with van der Waals surface area (Å²) in [7, 11) is 0. The Morgan fingerprint density at radius 1 is 1.08 bits per heavy atom. The summed E-state index contributed by atoms with van der Waals surface area (Å²) in [6.45, 7) is -0.677. The van der Waals surface area contributed by atoms with Gasteiger partial charge in [-0.1, -0.05) is 17.8 Å². The van der Waals surface area contributed by atoms with E-state index in [9.17, 15) is 22.8 Å². The molecule has 2 heterocycles. The monoisotopic (exact) mass is 380 g/mol. The zero-order valence-corrected chi connectivity index (χ0v) is 13.9. The van der Waals surface area contributed by atoms with Gasteiger partial charge in [-0.25, -0.2) is 4.79 Å². The molecule has 134 valence electrons. The number of aliphatic hydroxyl groups is 1. The molecule has 9 heteroatoms. The number of hydrogen-bond donors (Lipinski definition) is 1. The number of hydrogen-bond acceptors (Lipinski definition) is 4. The molecule has 0 atom stereocenters. The molecule has 0 amide bonds. The molecule has 1 aliphatic heterocycles. The first kappa shape index (κ1) is 16.9. The normalized spacial score (nSPS) is 13.1. The van der Waals surface area contributed by atoms with Gasteiger partial charge in [0.05, 0.1) is 35.3 Å². The fourth-order valence-corrected chi connectivity index (χ4v) is 4.12. The fraction of sp³-hybridized carbons (Fsp3) is 0.176. The molecule has 2 aromatic carbocycles. The molecule has 1 N–H and O–H groups in total. The van der Waals surface area contributed by atoms with Gasteiger partial charge >= 0.3 is 11.9 Å². The van der Waals surface area contributed by atoms with Gasteiger partial charge in [-0.2, -0.15) is 13.2 Å². The van der Waals surface area contributed by atoms with Crippen LogP contribution >= 0.6 is 11.8 Å². The van der Waals surface area contributed by atoms with Gasteiger partial charge < -0.3 is 5.11 Å². The number of aromatic nitrogens is 2. The average Bonchev–Trinajstić information content (AvgIpc) is 2.60. The van der Waals surface area contributed by atoms with E-state index in [1.54, 1.807) is 12.1 Å². The largest absolute Gasteiger partial charge is 0.416 e. The van der Waals surface area contributed by atoms with Crippen LogP contribution in [-0.2, 0) is 12.7 Å². The lowest BCUT2D eigenvalue weighted by atomic mass is 10.1. The van der Waals surface area contributed by atoms with E-state index in [0.717, 1.165) is 21.3 Å². The van der Waals surface area contributed by atoms with E-state index in [2.05, 4.69) is 0 Å². The van der Waals surface area contributed by atoms with Crippen molar-refractivity contribution in [2.24, 2.45) is 0 Å². The SMILES string of the molecule is O=c1c2cccc3c2n(c(=O)n1CCO)-c1cc(C(F)(F)F)ccc1S3. The van der Waals surface area contributed by atoms with Crippen LogP contribution in [-0.4, -0.2) is 20.8 Å². The first-order chi connectivity index (χ1) is 12.3. The molecule has 1 aromatic heterocycles. The first-order valence-electron chi connectivity index (χ1n) is 7.62. The van der Waals surface area contributed by atoms with Crippen LogP contribution < -0.4 is 11.2 Å². The third-order valence-electron chi connectivity index (χ3n) is 4.19. The Kier molecular flexibility index (Phi) is 3.74. The van der Waals surface area contributed by atoms with Crippen molar-refractivity contribution in [2.75, 3.05) is 6.61 Å². The number of halogens is 3. The number of alkyl halides is 3. The lowest BCUT2D eigenvalue weighted by Crippen LogP contribution is -2.41. The van der Waals surface area contributed by atoms with Crippen LogP contribution in [0.4, 0.5) is 13.2 Å². The van der Waals surface area contributed by atoms with Crippen molar-refractivity contribution >= 4 is 22.7 Å². The third-order valence-corrected chi connectivity index (χ3v) is 5.31. The van der Waals surface area contributed by atoms with Crippen molar-refractivity contribution in [2.45, 2.75) is 22.5 Å². The van der Waals surface area contributed by atoms with Crippen LogP contribution in [0.5, 0.6) is 0 Å². The molecule has 0 radical (unpaired) electrons. The standard InChI is InChI=1S/C17H11F3N2O3S/c18-17(19,20)9-4-5-12-11(8-9)22-14-10(2-1-3-13(14)26-12)15(24)21(6-7-23)16(22)25/h1-5,8,23H,6-7H2. The second-order valence-electron chi connectivity index (χ2n) is 5.73. The maximum Gasteiger partial charge on any atom is 0.416 e. The summed E-state index contributed by atoms with van der Waals surface area (Å²) in [6, 6.07) is 8.07. The summed E-state index contributed by atoms with van der Waals surface area (Å²) in [5.74, 6) is 0. The van der Waals surface area contributed by atoms with Crippen molar-refractivity contribution in [1.29, 1.82) is 0 Å². The average molecular weight is 380 g/mol. The van der Waals surface area contributed by atoms with E-state index < -0.39 is 29.6 Å². The Balaban J connectivity index is 2.17. The first-order valence-corrected chi connectivity index (χ1v) is 8.43. The maximum atomic E-state index is 13.1. The van der Waals surface area contributed by atoms with Gasteiger partial charge in [-0.15, -0.1) is 0 Å². The second-order valence-corrected chi connectivity index (χ2v) is 6.82. The van der Waals surface area contributed by atoms with Gasteiger partial charge in [-0.3, -0.25) is 13.9 Å². The van der Waals surface area contributed by atoms with Crippen molar-refractivity contribution in [1.82, 2.24) is 9.13 Å². The Bertz CT molecular complexity index is 1160. The zero-order chi connectivity index (χ0) is 18.6. The molecule has 0 unspecified atom stereocenters. The van der Waals surface area contributed by atoms with E-state index in [1.807, 2.05) is 0 Å². The highest BCUT2D eigenvalue weighted by molar-refractivity contribution is 7.99. The number of fused-ring (bicyclic) bond motifs is 2. The maximum absolute atomic E-state index is 13.1. The van der Waals surface area contributed by atoms with Crippen LogP contribution in [0.1, 0.15) is 5.56 Å². The highest BCUT2D eigenvalue weighted by Crippen LogP contribution is 2.42. The molecule has 1 aliphatic rings. The fourth-order valence-electron chi connectivity index (χ4n) is 3.05. The van der Waals surface area contributed by atoms with E-state index in [0.29, 0.717) is 9.79 Å². The van der Waals surface area contributed by atoms with E-state index >= 15 is 0 Å². The van der Waals surface area contributed by atoms with Gasteiger partial charge in [-0.05, 0) is 30.3 Å². The molecule has 0 fully saturated rings. The molecule has 5 nitrogen and oxygen atoms in total. The molecule has 0 saturated heterocycles. The van der Waals surface area contributed by atoms with Crippen LogP contribution in [0.3, 0.4) is 0 Å². The Labute approximate surface area is 148 Å². The molecule has 0 spiro atoms. The lowest BCUT2D eigenvalue weighted by molar-refractivity contribution is -0.137. The lowest BCUT2D eigenvalue weighted by Gasteiger charge is -2.23. The minimum atomic E-state index is -4.56. The zero-order valence-electron chi connectivity index (χ0n) is 13.1. The number of aliphatic hydroxyl groups excluding tert-OH is 1. The van der Waals surface area contributed by atoms with Crippen LogP contribution in [0.25, 0.3) is 16.6 Å². The quantitative estimate of drug-likeness (QED) is 0.581. The third kappa shape index (κ3) is 2.38. The summed E-state index contributed by atoms with van der Waals surface area (Å²) in [5, 5.41) is 9.37. The van der Waals surface area contributed by atoms with Crippen LogP contribution in [0, 0.1) is 0 Å². The summed E-state index contributed by atoms with van der Waals surface area (Å²) in [4.78, 5) is 26.5. The van der Waals surface area contributed by atoms with Crippen molar-refractivity contribution in [3.63, 3.8) is 0 Å². The molecule has 0 saturated carbocycles. The summed E-state index contributed by atoms with van der Waals surface area (Å²) in [6.07, 6.45) is -4.56. The number of nitrogens with zero attached hydrogens (tertiary/aromatic N) is 2. The molecular weight excluding hydrogens is 369 g/mol. The highest BCUT2D eigenvalue weighted by atomic mass is 32.2. The smallest absolute Gasteiger partial charge is 0.395 e. The van der Waals surface area contributed by atoms with Crippen LogP contribution in [0.2, 0.25) is 0 Å². The van der Waals surface area contributed by atoms with Gasteiger partial charge in [0.15, 0.2) is 0 Å². The van der Waals surface area contributed by atoms with E-state index in [-0.39, 0.29) is 23.1 Å². The number of para-hydroxylation sites is 1. The predicted octanol–water partition coefficient (Wildman–Crippen LogP) is 2.63. The Hall–Kier alpha value is -2.52. The van der Waals surface area contributed by atoms with Gasteiger partial charge in [0.25, 0.3) is 5.56 Å². The summed E-state index contributed by atoms with van der Waals surface area (Å²) >= 11 is 1.21. The summed E-state index contributed by atoms with van der Waals surface area (Å²) < 4.78 is 41.3. The molecule has 4 rings (SSSR count). The highest BCUT2D eigenvalue weighted by Gasteiger charge is 2.33.